The van der Waals surface area contributed by atoms with Crippen molar-refractivity contribution >= 4 is 15.9 Å². The number of hydrogen-bond acceptors (Lipinski definition) is 3. The Morgan fingerprint density at radius 1 is 0.955 bits per heavy atom. The molecule has 22 heavy (non-hydrogen) atoms. The third-order valence-corrected chi connectivity index (χ3v) is 3.72. The van der Waals surface area contributed by atoms with Crippen LogP contribution in [0.2, 0.25) is 0 Å². The van der Waals surface area contributed by atoms with Gasteiger partial charge in [0, 0.05) is 16.1 Å². The highest BCUT2D eigenvalue weighted by atomic mass is 79.9. The van der Waals surface area contributed by atoms with E-state index in [0.717, 1.165) is 0 Å². The summed E-state index contributed by atoms with van der Waals surface area (Å²) >= 11 is 3.24. The number of rotatable bonds is 3. The van der Waals surface area contributed by atoms with E-state index in [2.05, 4.69) is 15.9 Å². The molecule has 0 N–H and O–H groups in total. The number of fused-ring (bicyclic) bond motifs is 1. The number of benzene rings is 2. The first-order valence-electron chi connectivity index (χ1n) is 6.01. The molecule has 0 spiro atoms. The Bertz CT molecular complexity index is 725. The van der Waals surface area contributed by atoms with Crippen molar-refractivity contribution in [2.75, 3.05) is 6.79 Å². The van der Waals surface area contributed by atoms with Crippen LogP contribution in [0.5, 0.6) is 17.2 Å². The summed E-state index contributed by atoms with van der Waals surface area (Å²) in [6, 6.07) is 3.26. The fourth-order valence-corrected chi connectivity index (χ4v) is 2.33. The fourth-order valence-electron chi connectivity index (χ4n) is 1.90. The molecule has 1 aliphatic rings. The second kappa shape index (κ2) is 5.68. The Morgan fingerprint density at radius 2 is 1.55 bits per heavy atom. The smallest absolute Gasteiger partial charge is 0.231 e. The summed E-state index contributed by atoms with van der Waals surface area (Å²) in [5.41, 5.74) is 0.465. The molecule has 0 amide bonds. The second-order valence-electron chi connectivity index (χ2n) is 4.38. The topological polar surface area (TPSA) is 27.7 Å². The molecule has 3 nitrogen and oxygen atoms in total. The van der Waals surface area contributed by atoms with Crippen LogP contribution in [-0.4, -0.2) is 6.79 Å². The molecular weight excluding hydrogens is 372 g/mol. The van der Waals surface area contributed by atoms with Gasteiger partial charge in [-0.3, -0.25) is 0 Å². The molecular formula is C14H7BrF4O3. The van der Waals surface area contributed by atoms with Gasteiger partial charge < -0.3 is 14.2 Å². The van der Waals surface area contributed by atoms with Gasteiger partial charge in [0.15, 0.2) is 28.9 Å². The highest BCUT2D eigenvalue weighted by Crippen LogP contribution is 2.37. The zero-order valence-corrected chi connectivity index (χ0v) is 12.3. The van der Waals surface area contributed by atoms with Crippen LogP contribution in [0, 0.1) is 23.3 Å². The molecule has 0 radical (unpaired) electrons. The van der Waals surface area contributed by atoms with E-state index in [1.807, 2.05) is 0 Å². The molecule has 0 fully saturated rings. The molecule has 3 rings (SSSR count). The van der Waals surface area contributed by atoms with E-state index < -0.39 is 29.0 Å². The standard InChI is InChI=1S/C14H7BrF4O3/c15-7-2-11-10(21-5-22-11)1-6(7)4-20-14-12(18)8(16)3-9(17)13(14)19/h1-3H,4-5H2. The van der Waals surface area contributed by atoms with Crippen LogP contribution in [0.3, 0.4) is 0 Å². The van der Waals surface area contributed by atoms with Crippen molar-refractivity contribution in [2.45, 2.75) is 6.61 Å². The molecule has 0 aromatic heterocycles. The van der Waals surface area contributed by atoms with Gasteiger partial charge in [0.1, 0.15) is 6.61 Å². The van der Waals surface area contributed by atoms with E-state index in [1.54, 1.807) is 6.07 Å². The Morgan fingerprint density at radius 3 is 2.18 bits per heavy atom. The Labute approximate surface area is 130 Å². The average molecular weight is 379 g/mol. The summed E-state index contributed by atoms with van der Waals surface area (Å²) in [5, 5.41) is 0. The molecule has 2 aromatic rings. The van der Waals surface area contributed by atoms with Gasteiger partial charge in [0.2, 0.25) is 18.4 Å². The van der Waals surface area contributed by atoms with Crippen molar-refractivity contribution in [1.82, 2.24) is 0 Å². The second-order valence-corrected chi connectivity index (χ2v) is 5.24. The van der Waals surface area contributed by atoms with Gasteiger partial charge in [-0.2, -0.15) is 8.78 Å². The SMILES string of the molecule is Fc1cc(F)c(F)c(OCc2cc3c(cc2Br)OCO3)c1F. The third kappa shape index (κ3) is 2.58. The average Bonchev–Trinajstić information content (AvgIpc) is 2.92. The van der Waals surface area contributed by atoms with Gasteiger partial charge in [-0.05, 0) is 12.1 Å². The highest BCUT2D eigenvalue weighted by Gasteiger charge is 2.22. The summed E-state index contributed by atoms with van der Waals surface area (Å²) in [5.74, 6) is -6.40. The van der Waals surface area contributed by atoms with Crippen molar-refractivity contribution < 1.29 is 31.8 Å². The molecule has 0 saturated carbocycles. The van der Waals surface area contributed by atoms with Gasteiger partial charge in [0.05, 0.1) is 0 Å². The summed E-state index contributed by atoms with van der Waals surface area (Å²) < 4.78 is 69.0. The third-order valence-electron chi connectivity index (χ3n) is 2.99. The zero-order valence-electron chi connectivity index (χ0n) is 10.8. The predicted molar refractivity (Wildman–Crippen MR) is 70.9 cm³/mol. The van der Waals surface area contributed by atoms with Gasteiger partial charge in [-0.15, -0.1) is 0 Å². The lowest BCUT2D eigenvalue weighted by Gasteiger charge is -2.11. The Balaban J connectivity index is 1.88. The van der Waals surface area contributed by atoms with Gasteiger partial charge in [-0.1, -0.05) is 15.9 Å². The summed E-state index contributed by atoms with van der Waals surface area (Å²) in [6.07, 6.45) is 0. The molecule has 2 aromatic carbocycles. The largest absolute Gasteiger partial charge is 0.483 e. The minimum atomic E-state index is -1.59. The van der Waals surface area contributed by atoms with Crippen molar-refractivity contribution in [3.63, 3.8) is 0 Å². The van der Waals surface area contributed by atoms with Crippen LogP contribution >= 0.6 is 15.9 Å². The van der Waals surface area contributed by atoms with Crippen LogP contribution in [0.25, 0.3) is 0 Å². The molecule has 0 saturated heterocycles. The van der Waals surface area contributed by atoms with Gasteiger partial charge >= 0.3 is 0 Å². The summed E-state index contributed by atoms with van der Waals surface area (Å²) in [6.45, 7) is -0.265. The van der Waals surface area contributed by atoms with Crippen LogP contribution < -0.4 is 14.2 Å². The first kappa shape index (κ1) is 15.0. The fraction of sp³-hybridized carbons (Fsp3) is 0.143. The zero-order chi connectivity index (χ0) is 15.9. The van der Waals surface area contributed by atoms with Crippen molar-refractivity contribution in [1.29, 1.82) is 0 Å². The van der Waals surface area contributed by atoms with E-state index in [1.165, 1.54) is 6.07 Å². The predicted octanol–water partition coefficient (Wildman–Crippen LogP) is 4.31. The first-order valence-corrected chi connectivity index (χ1v) is 6.80. The van der Waals surface area contributed by atoms with Crippen molar-refractivity contribution in [3.05, 3.63) is 51.5 Å². The molecule has 0 bridgehead atoms. The maximum atomic E-state index is 13.5. The molecule has 116 valence electrons. The number of hydrogen-bond donors (Lipinski definition) is 0. The van der Waals surface area contributed by atoms with Crippen molar-refractivity contribution in [2.24, 2.45) is 0 Å². The molecule has 8 heteroatoms. The lowest BCUT2D eigenvalue weighted by Crippen LogP contribution is -2.04. The van der Waals surface area contributed by atoms with Gasteiger partial charge in [0.25, 0.3) is 0 Å². The van der Waals surface area contributed by atoms with E-state index in [0.29, 0.717) is 21.5 Å². The van der Waals surface area contributed by atoms with E-state index in [9.17, 15) is 17.6 Å². The minimum absolute atomic E-state index is 0.0600. The minimum Gasteiger partial charge on any atom is -0.483 e. The molecule has 1 heterocycles. The quantitative estimate of drug-likeness (QED) is 0.588. The highest BCUT2D eigenvalue weighted by molar-refractivity contribution is 9.10. The maximum absolute atomic E-state index is 13.5. The Kier molecular flexibility index (Phi) is 3.86. The normalized spacial score (nSPS) is 12.6. The summed E-state index contributed by atoms with van der Waals surface area (Å²) in [7, 11) is 0. The van der Waals surface area contributed by atoms with E-state index in [4.69, 9.17) is 14.2 Å². The summed E-state index contributed by atoms with van der Waals surface area (Å²) in [4.78, 5) is 0. The maximum Gasteiger partial charge on any atom is 0.231 e. The van der Waals surface area contributed by atoms with Gasteiger partial charge in [-0.25, -0.2) is 8.78 Å². The van der Waals surface area contributed by atoms with E-state index in [-0.39, 0.29) is 19.5 Å². The first-order chi connectivity index (χ1) is 10.5. The molecule has 1 aliphatic heterocycles. The van der Waals surface area contributed by atoms with Crippen LogP contribution in [0.4, 0.5) is 17.6 Å². The molecule has 0 atom stereocenters. The lowest BCUT2D eigenvalue weighted by atomic mass is 10.2. The lowest BCUT2D eigenvalue weighted by molar-refractivity contribution is 0.174. The van der Waals surface area contributed by atoms with E-state index >= 15 is 0 Å². The van der Waals surface area contributed by atoms with Crippen LogP contribution in [0.1, 0.15) is 5.56 Å². The van der Waals surface area contributed by atoms with Crippen molar-refractivity contribution in [3.8, 4) is 17.2 Å². The number of ether oxygens (including phenoxy) is 3. The van der Waals surface area contributed by atoms with Crippen LogP contribution in [-0.2, 0) is 6.61 Å². The van der Waals surface area contributed by atoms with Crippen LogP contribution in [0.15, 0.2) is 22.7 Å². The number of halogens is 5. The molecule has 0 aliphatic carbocycles. The Hall–Kier alpha value is -1.96. The molecule has 0 unspecified atom stereocenters. The monoisotopic (exact) mass is 378 g/mol.